The number of carbonyl (C=O) groups is 1. The molecule has 1 aromatic carbocycles. The molecule has 0 saturated carbocycles. The van der Waals surface area contributed by atoms with Crippen molar-refractivity contribution in [2.24, 2.45) is 5.92 Å². The van der Waals surface area contributed by atoms with Crippen LogP contribution in [0.15, 0.2) is 54.7 Å². The molecule has 2 heterocycles. The number of carbonyl (C=O) groups excluding carboxylic acids is 1. The summed E-state index contributed by atoms with van der Waals surface area (Å²) in [6, 6.07) is 13.3. The lowest BCUT2D eigenvalue weighted by molar-refractivity contribution is -0.125. The van der Waals surface area contributed by atoms with Crippen LogP contribution in [0.3, 0.4) is 0 Å². The Labute approximate surface area is 147 Å². The van der Waals surface area contributed by atoms with E-state index in [1.54, 1.807) is 23.2 Å². The molecular formula is C20H22N2O3. The van der Waals surface area contributed by atoms with Crippen molar-refractivity contribution in [3.63, 3.8) is 0 Å². The third-order valence-electron chi connectivity index (χ3n) is 4.27. The third-order valence-corrected chi connectivity index (χ3v) is 4.27. The van der Waals surface area contributed by atoms with Gasteiger partial charge in [0, 0.05) is 37.9 Å². The molecule has 130 valence electrons. The van der Waals surface area contributed by atoms with E-state index in [4.69, 9.17) is 9.84 Å². The van der Waals surface area contributed by atoms with Gasteiger partial charge in [-0.05, 0) is 42.3 Å². The van der Waals surface area contributed by atoms with Crippen molar-refractivity contribution < 1.29 is 14.6 Å². The molecule has 1 unspecified atom stereocenters. The molecule has 1 atom stereocenters. The molecule has 1 N–H and O–H groups in total. The van der Waals surface area contributed by atoms with E-state index in [1.165, 1.54) is 0 Å². The minimum atomic E-state index is -0.00794. The van der Waals surface area contributed by atoms with E-state index in [9.17, 15) is 4.79 Å². The van der Waals surface area contributed by atoms with E-state index in [-0.39, 0.29) is 18.4 Å². The number of rotatable bonds is 6. The van der Waals surface area contributed by atoms with Gasteiger partial charge in [-0.25, -0.2) is 0 Å². The van der Waals surface area contributed by atoms with Crippen molar-refractivity contribution in [2.45, 2.75) is 13.0 Å². The van der Waals surface area contributed by atoms with Gasteiger partial charge in [0.25, 0.3) is 0 Å². The Morgan fingerprint density at radius 3 is 2.80 bits per heavy atom. The molecule has 1 amide bonds. The number of benzene rings is 1. The summed E-state index contributed by atoms with van der Waals surface area (Å²) in [7, 11) is 0. The van der Waals surface area contributed by atoms with Gasteiger partial charge < -0.3 is 14.7 Å². The second kappa shape index (κ2) is 8.44. The summed E-state index contributed by atoms with van der Waals surface area (Å²) >= 11 is 0. The van der Waals surface area contributed by atoms with Crippen molar-refractivity contribution in [1.82, 2.24) is 9.88 Å². The van der Waals surface area contributed by atoms with Gasteiger partial charge in [-0.15, -0.1) is 0 Å². The molecule has 0 aliphatic carbocycles. The molecule has 1 fully saturated rings. The highest BCUT2D eigenvalue weighted by atomic mass is 16.5. The van der Waals surface area contributed by atoms with E-state index in [0.29, 0.717) is 19.7 Å². The fraction of sp³-hybridized carbons (Fsp3) is 0.300. The van der Waals surface area contributed by atoms with Crippen LogP contribution in [-0.4, -0.2) is 40.6 Å². The number of amides is 1. The van der Waals surface area contributed by atoms with Crippen molar-refractivity contribution >= 4 is 12.0 Å². The Hall–Kier alpha value is -2.66. The van der Waals surface area contributed by atoms with Crippen LogP contribution in [0.1, 0.15) is 17.7 Å². The summed E-state index contributed by atoms with van der Waals surface area (Å²) in [4.78, 5) is 18.1. The third kappa shape index (κ3) is 4.90. The summed E-state index contributed by atoms with van der Waals surface area (Å²) in [5, 5.41) is 9.14. The highest BCUT2D eigenvalue weighted by Crippen LogP contribution is 2.17. The molecule has 1 aromatic heterocycles. The number of aliphatic hydroxyl groups excluding tert-OH is 1. The fourth-order valence-electron chi connectivity index (χ4n) is 2.77. The number of hydrogen-bond donors (Lipinski definition) is 1. The van der Waals surface area contributed by atoms with E-state index < -0.39 is 0 Å². The van der Waals surface area contributed by atoms with Crippen LogP contribution in [0.5, 0.6) is 5.75 Å². The second-order valence-electron chi connectivity index (χ2n) is 6.13. The SMILES string of the molecule is O=C(/C=C/c1ccc(OCc2ccccn2)cc1)N1CCC(CO)C1. The fourth-order valence-corrected chi connectivity index (χ4v) is 2.77. The van der Waals surface area contributed by atoms with E-state index in [0.717, 1.165) is 23.4 Å². The molecule has 3 rings (SSSR count). The highest BCUT2D eigenvalue weighted by Gasteiger charge is 2.23. The summed E-state index contributed by atoms with van der Waals surface area (Å²) in [5.74, 6) is 0.971. The maximum Gasteiger partial charge on any atom is 0.246 e. The lowest BCUT2D eigenvalue weighted by atomic mass is 10.1. The topological polar surface area (TPSA) is 62.7 Å². The van der Waals surface area contributed by atoms with E-state index in [2.05, 4.69) is 4.98 Å². The molecule has 25 heavy (non-hydrogen) atoms. The van der Waals surface area contributed by atoms with Crippen molar-refractivity contribution in [3.8, 4) is 5.75 Å². The summed E-state index contributed by atoms with van der Waals surface area (Å²) in [6.45, 7) is 1.93. The van der Waals surface area contributed by atoms with Gasteiger partial charge in [-0.2, -0.15) is 0 Å². The van der Waals surface area contributed by atoms with Crippen LogP contribution in [0.2, 0.25) is 0 Å². The predicted molar refractivity (Wildman–Crippen MR) is 95.8 cm³/mol. The first-order valence-corrected chi connectivity index (χ1v) is 8.45. The zero-order valence-electron chi connectivity index (χ0n) is 14.0. The molecule has 5 nitrogen and oxygen atoms in total. The quantitative estimate of drug-likeness (QED) is 0.822. The second-order valence-corrected chi connectivity index (χ2v) is 6.13. The smallest absolute Gasteiger partial charge is 0.246 e. The Morgan fingerprint density at radius 1 is 1.28 bits per heavy atom. The predicted octanol–water partition coefficient (Wildman–Crippen LogP) is 2.51. The van der Waals surface area contributed by atoms with Crippen molar-refractivity contribution in [2.75, 3.05) is 19.7 Å². The normalized spacial score (nSPS) is 17.2. The first kappa shape index (κ1) is 17.2. The zero-order valence-corrected chi connectivity index (χ0v) is 14.0. The number of ether oxygens (including phenoxy) is 1. The Bertz CT molecular complexity index is 713. The standard InChI is InChI=1S/C20H22N2O3/c23-14-17-10-12-22(13-17)20(24)9-6-16-4-7-19(8-5-16)25-15-18-3-1-2-11-21-18/h1-9,11,17,23H,10,12-15H2/b9-6+. The first-order chi connectivity index (χ1) is 12.2. The molecule has 0 bridgehead atoms. The number of hydrogen-bond acceptors (Lipinski definition) is 4. The van der Waals surface area contributed by atoms with E-state index in [1.807, 2.05) is 42.5 Å². The van der Waals surface area contributed by atoms with Crippen LogP contribution in [-0.2, 0) is 11.4 Å². The van der Waals surface area contributed by atoms with Gasteiger partial charge in [-0.3, -0.25) is 9.78 Å². The highest BCUT2D eigenvalue weighted by molar-refractivity contribution is 5.91. The van der Waals surface area contributed by atoms with Crippen LogP contribution in [0.25, 0.3) is 6.08 Å². The molecule has 1 aliphatic heterocycles. The van der Waals surface area contributed by atoms with Gasteiger partial charge in [0.15, 0.2) is 0 Å². The first-order valence-electron chi connectivity index (χ1n) is 8.45. The van der Waals surface area contributed by atoms with E-state index >= 15 is 0 Å². The molecule has 5 heteroatoms. The zero-order chi connectivity index (χ0) is 17.5. The van der Waals surface area contributed by atoms with Gasteiger partial charge in [0.2, 0.25) is 5.91 Å². The van der Waals surface area contributed by atoms with Gasteiger partial charge in [0.1, 0.15) is 12.4 Å². The van der Waals surface area contributed by atoms with Crippen LogP contribution in [0.4, 0.5) is 0 Å². The number of nitrogens with zero attached hydrogens (tertiary/aromatic N) is 2. The maximum atomic E-state index is 12.1. The molecule has 0 radical (unpaired) electrons. The van der Waals surface area contributed by atoms with Crippen molar-refractivity contribution in [3.05, 3.63) is 66.0 Å². The Morgan fingerprint density at radius 2 is 2.12 bits per heavy atom. The molecular weight excluding hydrogens is 316 g/mol. The lowest BCUT2D eigenvalue weighted by Crippen LogP contribution is -2.27. The minimum Gasteiger partial charge on any atom is -0.487 e. The summed E-state index contributed by atoms with van der Waals surface area (Å²) in [5.41, 5.74) is 1.82. The van der Waals surface area contributed by atoms with Crippen LogP contribution >= 0.6 is 0 Å². The maximum absolute atomic E-state index is 12.1. The molecule has 1 saturated heterocycles. The minimum absolute atomic E-state index is 0.00794. The van der Waals surface area contributed by atoms with Crippen LogP contribution < -0.4 is 4.74 Å². The largest absolute Gasteiger partial charge is 0.487 e. The molecule has 2 aromatic rings. The monoisotopic (exact) mass is 338 g/mol. The number of pyridine rings is 1. The number of aromatic nitrogens is 1. The number of aliphatic hydroxyl groups is 1. The molecule has 0 spiro atoms. The lowest BCUT2D eigenvalue weighted by Gasteiger charge is -2.13. The van der Waals surface area contributed by atoms with Gasteiger partial charge >= 0.3 is 0 Å². The Kier molecular flexibility index (Phi) is 5.80. The number of likely N-dealkylation sites (tertiary alicyclic amines) is 1. The van der Waals surface area contributed by atoms with Crippen molar-refractivity contribution in [1.29, 1.82) is 0 Å². The molecule has 1 aliphatic rings. The van der Waals surface area contributed by atoms with Crippen LogP contribution in [0, 0.1) is 5.92 Å². The summed E-state index contributed by atoms with van der Waals surface area (Å²) < 4.78 is 5.69. The Balaban J connectivity index is 1.51. The van der Waals surface area contributed by atoms with Gasteiger partial charge in [0.05, 0.1) is 5.69 Å². The average Bonchev–Trinajstić information content (AvgIpc) is 3.15. The summed E-state index contributed by atoms with van der Waals surface area (Å²) in [6.07, 6.45) is 6.01. The van der Waals surface area contributed by atoms with Gasteiger partial charge in [-0.1, -0.05) is 18.2 Å². The average molecular weight is 338 g/mol.